The molecule has 110 valence electrons. The average molecular weight is 346 g/mol. The Labute approximate surface area is 126 Å². The Morgan fingerprint density at radius 2 is 2.00 bits per heavy atom. The van der Waals surface area contributed by atoms with Crippen molar-refractivity contribution in [3.63, 3.8) is 0 Å². The highest BCUT2D eigenvalue weighted by Crippen LogP contribution is 2.26. The highest BCUT2D eigenvalue weighted by molar-refractivity contribution is 9.09. The fourth-order valence-corrected chi connectivity index (χ4v) is 3.45. The fourth-order valence-electron chi connectivity index (χ4n) is 2.68. The quantitative estimate of drug-likeness (QED) is 0.830. The largest absolute Gasteiger partial charge is 0.353 e. The van der Waals surface area contributed by atoms with E-state index >= 15 is 0 Å². The minimum atomic E-state index is -0.911. The predicted octanol–water partition coefficient (Wildman–Crippen LogP) is 3.58. The van der Waals surface area contributed by atoms with Gasteiger partial charge in [0.15, 0.2) is 11.6 Å². The second-order valence-electron chi connectivity index (χ2n) is 5.30. The molecule has 2 nitrogen and oxygen atoms in total. The molecule has 5 heteroatoms. The third-order valence-electron chi connectivity index (χ3n) is 3.80. The van der Waals surface area contributed by atoms with E-state index in [-0.39, 0.29) is 18.4 Å². The minimum Gasteiger partial charge on any atom is -0.353 e. The maximum absolute atomic E-state index is 13.1. The van der Waals surface area contributed by atoms with Crippen molar-refractivity contribution in [2.45, 2.75) is 38.1 Å². The van der Waals surface area contributed by atoms with Gasteiger partial charge in [-0.15, -0.1) is 0 Å². The predicted molar refractivity (Wildman–Crippen MR) is 77.7 cm³/mol. The molecule has 1 saturated carbocycles. The first kappa shape index (κ1) is 15.4. The summed E-state index contributed by atoms with van der Waals surface area (Å²) in [4.78, 5) is 12.0. The van der Waals surface area contributed by atoms with Crippen LogP contribution in [-0.2, 0) is 11.2 Å². The lowest BCUT2D eigenvalue weighted by molar-refractivity contribution is -0.121. The molecule has 0 radical (unpaired) electrons. The highest BCUT2D eigenvalue weighted by Gasteiger charge is 2.25. The molecule has 1 aromatic rings. The third-order valence-corrected chi connectivity index (χ3v) is 4.63. The van der Waals surface area contributed by atoms with Crippen LogP contribution in [0.5, 0.6) is 0 Å². The molecule has 2 rings (SSSR count). The van der Waals surface area contributed by atoms with E-state index in [0.717, 1.165) is 36.7 Å². The summed E-state index contributed by atoms with van der Waals surface area (Å²) in [5, 5.41) is 3.90. The van der Waals surface area contributed by atoms with Crippen molar-refractivity contribution in [1.82, 2.24) is 5.32 Å². The smallest absolute Gasteiger partial charge is 0.224 e. The number of hydrogen-bond donors (Lipinski definition) is 1. The van der Waals surface area contributed by atoms with Crippen molar-refractivity contribution >= 4 is 21.8 Å². The zero-order valence-electron chi connectivity index (χ0n) is 11.2. The van der Waals surface area contributed by atoms with Gasteiger partial charge in [-0.2, -0.15) is 0 Å². The second kappa shape index (κ2) is 7.16. The van der Waals surface area contributed by atoms with Gasteiger partial charge in [-0.25, -0.2) is 8.78 Å². The van der Waals surface area contributed by atoms with Gasteiger partial charge in [0.2, 0.25) is 5.91 Å². The third kappa shape index (κ3) is 4.01. The van der Waals surface area contributed by atoms with Crippen LogP contribution in [-0.4, -0.2) is 17.3 Å². The van der Waals surface area contributed by atoms with Gasteiger partial charge in [0.1, 0.15) is 0 Å². The lowest BCUT2D eigenvalue weighted by Crippen LogP contribution is -2.43. The fraction of sp³-hybridized carbons (Fsp3) is 0.533. The molecule has 0 aromatic heterocycles. The number of carbonyl (C=O) groups is 1. The molecule has 0 aliphatic heterocycles. The van der Waals surface area contributed by atoms with Gasteiger partial charge >= 0.3 is 0 Å². The van der Waals surface area contributed by atoms with E-state index in [0.29, 0.717) is 11.5 Å². The number of alkyl halides is 1. The van der Waals surface area contributed by atoms with Gasteiger partial charge < -0.3 is 5.32 Å². The lowest BCUT2D eigenvalue weighted by atomic mass is 9.86. The van der Waals surface area contributed by atoms with Crippen LogP contribution in [0.3, 0.4) is 0 Å². The first-order valence-electron chi connectivity index (χ1n) is 6.89. The molecular formula is C15H18BrF2NO. The van der Waals surface area contributed by atoms with E-state index in [1.165, 1.54) is 12.5 Å². The SMILES string of the molecule is O=C(Cc1ccc(F)c(F)c1)NC1CCCCC1CBr. The number of hydrogen-bond acceptors (Lipinski definition) is 1. The summed E-state index contributed by atoms with van der Waals surface area (Å²) in [5.41, 5.74) is 0.493. The van der Waals surface area contributed by atoms with Crippen LogP contribution in [0.4, 0.5) is 8.78 Å². The van der Waals surface area contributed by atoms with Gasteiger partial charge in [0.25, 0.3) is 0 Å². The maximum atomic E-state index is 13.1. The Morgan fingerprint density at radius 3 is 2.70 bits per heavy atom. The number of amides is 1. The Balaban J connectivity index is 1.92. The number of carbonyl (C=O) groups excluding carboxylic acids is 1. The molecule has 0 bridgehead atoms. The normalized spacial score (nSPS) is 22.6. The van der Waals surface area contributed by atoms with Gasteiger partial charge in [-0.05, 0) is 36.5 Å². The molecular weight excluding hydrogens is 328 g/mol. The molecule has 1 aliphatic rings. The molecule has 1 N–H and O–H groups in total. The van der Waals surface area contributed by atoms with E-state index in [9.17, 15) is 13.6 Å². The monoisotopic (exact) mass is 345 g/mol. The standard InChI is InChI=1S/C15H18BrF2NO/c16-9-11-3-1-2-4-14(11)19-15(20)8-10-5-6-12(17)13(18)7-10/h5-7,11,14H,1-4,8-9H2,(H,19,20). The number of benzene rings is 1. The summed E-state index contributed by atoms with van der Waals surface area (Å²) in [7, 11) is 0. The molecule has 2 atom stereocenters. The van der Waals surface area contributed by atoms with Crippen LogP contribution in [0.2, 0.25) is 0 Å². The van der Waals surface area contributed by atoms with Crippen molar-refractivity contribution in [3.8, 4) is 0 Å². The van der Waals surface area contributed by atoms with Crippen LogP contribution < -0.4 is 5.32 Å². The van der Waals surface area contributed by atoms with Crippen LogP contribution in [0.1, 0.15) is 31.2 Å². The van der Waals surface area contributed by atoms with Crippen LogP contribution in [0.15, 0.2) is 18.2 Å². The van der Waals surface area contributed by atoms with Crippen LogP contribution >= 0.6 is 15.9 Å². The van der Waals surface area contributed by atoms with Crippen molar-refractivity contribution in [1.29, 1.82) is 0 Å². The van der Waals surface area contributed by atoms with Gasteiger partial charge in [0.05, 0.1) is 6.42 Å². The number of rotatable bonds is 4. The molecule has 1 amide bonds. The first-order chi connectivity index (χ1) is 9.60. The Bertz CT molecular complexity index is 481. The second-order valence-corrected chi connectivity index (χ2v) is 5.95. The molecule has 0 saturated heterocycles. The van der Waals surface area contributed by atoms with Gasteiger partial charge in [-0.3, -0.25) is 4.79 Å². The van der Waals surface area contributed by atoms with Crippen molar-refractivity contribution in [3.05, 3.63) is 35.4 Å². The topological polar surface area (TPSA) is 29.1 Å². The maximum Gasteiger partial charge on any atom is 0.224 e. The van der Waals surface area contributed by atoms with Crippen molar-refractivity contribution < 1.29 is 13.6 Å². The summed E-state index contributed by atoms with van der Waals surface area (Å²) in [5.74, 6) is -1.47. The summed E-state index contributed by atoms with van der Waals surface area (Å²) >= 11 is 3.48. The molecule has 1 aliphatic carbocycles. The van der Waals surface area contributed by atoms with Gasteiger partial charge in [0, 0.05) is 11.4 Å². The molecule has 1 aromatic carbocycles. The zero-order valence-corrected chi connectivity index (χ0v) is 12.8. The van der Waals surface area contributed by atoms with Crippen LogP contribution in [0, 0.1) is 17.6 Å². The minimum absolute atomic E-state index is 0.0860. The summed E-state index contributed by atoms with van der Waals surface area (Å²) in [6.45, 7) is 0. The van der Waals surface area contributed by atoms with E-state index in [2.05, 4.69) is 21.2 Å². The lowest BCUT2D eigenvalue weighted by Gasteiger charge is -2.31. The van der Waals surface area contributed by atoms with Crippen molar-refractivity contribution in [2.24, 2.45) is 5.92 Å². The summed E-state index contributed by atoms with van der Waals surface area (Å²) in [6, 6.07) is 3.76. The zero-order chi connectivity index (χ0) is 14.5. The van der Waals surface area contributed by atoms with E-state index < -0.39 is 11.6 Å². The summed E-state index contributed by atoms with van der Waals surface area (Å²) < 4.78 is 25.9. The summed E-state index contributed by atoms with van der Waals surface area (Å²) in [6.07, 6.45) is 4.51. The molecule has 0 spiro atoms. The molecule has 2 unspecified atom stereocenters. The highest BCUT2D eigenvalue weighted by atomic mass is 79.9. The Hall–Kier alpha value is -0.970. The van der Waals surface area contributed by atoms with E-state index in [1.807, 2.05) is 0 Å². The molecule has 1 fully saturated rings. The van der Waals surface area contributed by atoms with Crippen molar-refractivity contribution in [2.75, 3.05) is 5.33 Å². The molecule has 20 heavy (non-hydrogen) atoms. The Morgan fingerprint density at radius 1 is 1.25 bits per heavy atom. The van der Waals surface area contributed by atoms with Crippen LogP contribution in [0.25, 0.3) is 0 Å². The molecule has 0 heterocycles. The Kier molecular flexibility index (Phi) is 5.52. The number of halogens is 3. The first-order valence-corrected chi connectivity index (χ1v) is 8.01. The van der Waals surface area contributed by atoms with E-state index in [4.69, 9.17) is 0 Å². The van der Waals surface area contributed by atoms with E-state index in [1.54, 1.807) is 0 Å². The number of nitrogens with one attached hydrogen (secondary N) is 1. The average Bonchev–Trinajstić information content (AvgIpc) is 2.43. The van der Waals surface area contributed by atoms with Gasteiger partial charge in [-0.1, -0.05) is 34.8 Å².